The van der Waals surface area contributed by atoms with E-state index in [0.29, 0.717) is 24.1 Å². The topological polar surface area (TPSA) is 248 Å². The number of fused-ring (bicyclic) bond motifs is 2. The number of nitriles is 1. The van der Waals surface area contributed by atoms with Crippen LogP contribution < -0.4 is 10.3 Å². The minimum absolute atomic E-state index is 0.106. The van der Waals surface area contributed by atoms with Gasteiger partial charge in [0, 0.05) is 25.0 Å². The maximum Gasteiger partial charge on any atom is 0.530 e. The minimum Gasteiger partial charge on any atom is -0.462 e. The number of nitrogen functional groups attached to an aromatic ring is 1. The van der Waals surface area contributed by atoms with Gasteiger partial charge in [-0.3, -0.25) is 28.8 Å². The van der Waals surface area contributed by atoms with E-state index in [4.69, 9.17) is 43.0 Å². The van der Waals surface area contributed by atoms with Gasteiger partial charge in [0.25, 0.3) is 5.69 Å². The Morgan fingerprint density at radius 3 is 1.80 bits per heavy atom. The Balaban J connectivity index is 1.22. The normalized spacial score (nSPS) is 20.0. The number of esters is 2. The molecule has 2 fully saturated rings. The standard InChI is InChI=1S/C56H87N6O13P/c1-5-7-9-11-13-15-17-19-21-23-25-27-29-31-49(63)68-39-46(71-50(64)32-30-28-26-24-22-20-18-16-14-12-10-8-6-2)40-69-76(67,75-45-35-33-44(34-36-45)62(65)66)70-42-56(41-57)53-52(72-55(3,4)74-53)51(73-56)47-37-38-48-54(58)59-43-60-61(47)48/h33-38,43,46,51-53H,5-32,39-40,42H2,1-4H3,(H2,58,59,60)/t46?,51-,52-,53-,56+,76?/m0/s1. The molecular formula is C56H87N6O13P. The van der Waals surface area contributed by atoms with Crippen LogP contribution in [-0.2, 0) is 46.9 Å². The fourth-order valence-electron chi connectivity index (χ4n) is 9.78. The van der Waals surface area contributed by atoms with Crippen LogP contribution in [0.4, 0.5) is 11.5 Å². The van der Waals surface area contributed by atoms with Crippen LogP contribution in [0, 0.1) is 21.4 Å². The van der Waals surface area contributed by atoms with Gasteiger partial charge < -0.3 is 33.9 Å². The summed E-state index contributed by atoms with van der Waals surface area (Å²) in [6, 6.07) is 10.3. The van der Waals surface area contributed by atoms with Crippen LogP contribution in [0.25, 0.3) is 5.52 Å². The number of phosphoric acid groups is 1. The highest BCUT2D eigenvalue weighted by Gasteiger charge is 2.65. The predicted octanol–water partition coefficient (Wildman–Crippen LogP) is 13.7. The van der Waals surface area contributed by atoms with Crippen LogP contribution in [-0.4, -0.2) is 81.0 Å². The van der Waals surface area contributed by atoms with Crippen molar-refractivity contribution < 1.29 is 56.3 Å². The maximum atomic E-state index is 14.9. The molecule has 0 saturated carbocycles. The van der Waals surface area contributed by atoms with Crippen molar-refractivity contribution in [3.05, 3.63) is 58.5 Å². The number of phosphoric ester groups is 1. The summed E-state index contributed by atoms with van der Waals surface area (Å²) in [7, 11) is -4.89. The fraction of sp³-hybridized carbons (Fsp3) is 0.732. The number of nitrogens with zero attached hydrogens (tertiary/aromatic N) is 5. The molecule has 0 aliphatic carbocycles. The number of nitro groups is 1. The third kappa shape index (κ3) is 20.6. The van der Waals surface area contributed by atoms with Crippen molar-refractivity contribution in [3.8, 4) is 11.8 Å². The number of nitrogens with two attached hydrogens (primary N) is 1. The highest BCUT2D eigenvalue weighted by molar-refractivity contribution is 7.48. The lowest BCUT2D eigenvalue weighted by molar-refractivity contribution is -0.384. The van der Waals surface area contributed by atoms with Gasteiger partial charge in [0.15, 0.2) is 17.7 Å². The van der Waals surface area contributed by atoms with Gasteiger partial charge >= 0.3 is 19.8 Å². The zero-order valence-electron chi connectivity index (χ0n) is 45.8. The van der Waals surface area contributed by atoms with E-state index in [9.17, 15) is 29.5 Å². The Kier molecular flexibility index (Phi) is 26.9. The Morgan fingerprint density at radius 1 is 0.750 bits per heavy atom. The van der Waals surface area contributed by atoms with Crippen LogP contribution in [0.3, 0.4) is 0 Å². The summed E-state index contributed by atoms with van der Waals surface area (Å²) >= 11 is 0. The van der Waals surface area contributed by atoms with E-state index in [-0.39, 0.29) is 30.1 Å². The fourth-order valence-corrected chi connectivity index (χ4v) is 11.0. The molecule has 1 aromatic carbocycles. The molecule has 20 heteroatoms. The van der Waals surface area contributed by atoms with Gasteiger partial charge in [-0.05, 0) is 51.0 Å². The van der Waals surface area contributed by atoms with Crippen molar-refractivity contribution in [3.63, 3.8) is 0 Å². The third-order valence-corrected chi connectivity index (χ3v) is 15.4. The summed E-state index contributed by atoms with van der Waals surface area (Å²) in [6.07, 6.45) is 27.4. The van der Waals surface area contributed by atoms with E-state index < -0.39 is 80.3 Å². The first kappa shape index (κ1) is 62.1. The SMILES string of the molecule is CCCCCCCCCCCCCCCC(=O)OCC(COP(=O)(OC[C@@]1(C#N)O[C@@H](c2ccc3c(N)ncnn23)[C@@H]2OC(C)(C)O[C@@H]21)Oc1ccc([N+](=O)[O-])cc1)OC(=O)CCCCCCCCCCCCCCC. The number of carbonyl (C=O) groups is 2. The Hall–Kier alpha value is -4.70. The Bertz CT molecular complexity index is 2290. The first-order valence-corrected chi connectivity index (χ1v) is 29.9. The number of nitro benzene ring substituents is 1. The summed E-state index contributed by atoms with van der Waals surface area (Å²) in [6.45, 7) is 6.03. The number of unbranched alkanes of at least 4 members (excludes halogenated alkanes) is 24. The van der Waals surface area contributed by atoms with Gasteiger partial charge in [-0.15, -0.1) is 0 Å². The van der Waals surface area contributed by atoms with Crippen molar-refractivity contribution in [2.45, 2.75) is 243 Å². The third-order valence-electron chi connectivity index (χ3n) is 14.0. The molecular weight excluding hydrogens is 996 g/mol. The average molecular weight is 1080 g/mol. The van der Waals surface area contributed by atoms with Crippen molar-refractivity contribution in [2.24, 2.45) is 0 Å². The van der Waals surface area contributed by atoms with Gasteiger partial charge in [0.2, 0.25) is 5.60 Å². The van der Waals surface area contributed by atoms with Crippen molar-refractivity contribution in [1.29, 1.82) is 5.26 Å². The minimum atomic E-state index is -4.89. The molecule has 2 aliphatic rings. The highest BCUT2D eigenvalue weighted by Crippen LogP contribution is 2.55. The second-order valence-electron chi connectivity index (χ2n) is 20.9. The number of rotatable bonds is 41. The van der Waals surface area contributed by atoms with Crippen molar-refractivity contribution in [2.75, 3.05) is 25.6 Å². The summed E-state index contributed by atoms with van der Waals surface area (Å²) < 4.78 is 64.7. The van der Waals surface area contributed by atoms with Gasteiger partial charge in [-0.25, -0.2) is 14.1 Å². The van der Waals surface area contributed by atoms with Crippen LogP contribution in [0.2, 0.25) is 0 Å². The van der Waals surface area contributed by atoms with Crippen LogP contribution in [0.5, 0.6) is 5.75 Å². The quantitative estimate of drug-likeness (QED) is 0.0182. The molecule has 4 heterocycles. The number of non-ortho nitro benzene ring substituents is 1. The number of anilines is 1. The number of ether oxygens (including phenoxy) is 5. The Morgan fingerprint density at radius 2 is 1.28 bits per heavy atom. The molecule has 0 amide bonds. The molecule has 6 atom stereocenters. The smallest absolute Gasteiger partial charge is 0.462 e. The van der Waals surface area contributed by atoms with E-state index in [0.717, 1.165) is 57.1 Å². The molecule has 3 aromatic rings. The van der Waals surface area contributed by atoms with Gasteiger partial charge in [-0.2, -0.15) is 10.4 Å². The monoisotopic (exact) mass is 1080 g/mol. The molecule has 2 aromatic heterocycles. The molecule has 19 nitrogen and oxygen atoms in total. The Labute approximate surface area is 450 Å². The number of hydrogen-bond acceptors (Lipinski definition) is 17. The second-order valence-corrected chi connectivity index (χ2v) is 22.5. The number of benzene rings is 1. The number of carbonyl (C=O) groups excluding carboxylic acids is 2. The first-order chi connectivity index (χ1) is 36.7. The van der Waals surface area contributed by atoms with E-state index in [1.165, 1.54) is 132 Å². The largest absolute Gasteiger partial charge is 0.530 e. The first-order valence-electron chi connectivity index (χ1n) is 28.4. The molecule has 2 saturated heterocycles. The summed E-state index contributed by atoms with van der Waals surface area (Å²) in [4.78, 5) is 41.4. The van der Waals surface area contributed by atoms with E-state index in [1.54, 1.807) is 26.0 Å². The van der Waals surface area contributed by atoms with Crippen molar-refractivity contribution in [1.82, 2.24) is 14.6 Å². The summed E-state index contributed by atoms with van der Waals surface area (Å²) in [5, 5.41) is 26.7. The van der Waals surface area contributed by atoms with E-state index in [2.05, 4.69) is 30.0 Å². The van der Waals surface area contributed by atoms with Crippen molar-refractivity contribution >= 4 is 36.8 Å². The number of aromatic nitrogens is 3. The zero-order chi connectivity index (χ0) is 54.7. The zero-order valence-corrected chi connectivity index (χ0v) is 46.7. The molecule has 0 spiro atoms. The highest BCUT2D eigenvalue weighted by atomic mass is 31.2. The molecule has 2 N–H and O–H groups in total. The summed E-state index contributed by atoms with van der Waals surface area (Å²) in [5.74, 6) is -2.15. The lowest BCUT2D eigenvalue weighted by Crippen LogP contribution is -2.46. The van der Waals surface area contributed by atoms with E-state index in [1.807, 2.05) is 0 Å². The molecule has 76 heavy (non-hydrogen) atoms. The average Bonchev–Trinajstić information content (AvgIpc) is 4.08. The van der Waals surface area contributed by atoms with Crippen LogP contribution in [0.1, 0.15) is 219 Å². The lowest BCUT2D eigenvalue weighted by Gasteiger charge is -2.30. The maximum absolute atomic E-state index is 14.9. The molecule has 0 bridgehead atoms. The predicted molar refractivity (Wildman–Crippen MR) is 288 cm³/mol. The van der Waals surface area contributed by atoms with Crippen LogP contribution in [0.15, 0.2) is 42.7 Å². The van der Waals surface area contributed by atoms with Crippen LogP contribution >= 0.6 is 7.82 Å². The molecule has 0 radical (unpaired) electrons. The summed E-state index contributed by atoms with van der Waals surface area (Å²) in [5.41, 5.74) is 4.83. The lowest BCUT2D eigenvalue weighted by atomic mass is 9.96. The molecule has 5 rings (SSSR count). The number of hydrogen-bond donors (Lipinski definition) is 1. The van der Waals surface area contributed by atoms with Gasteiger partial charge in [-0.1, -0.05) is 168 Å². The molecule has 2 aliphatic heterocycles. The van der Waals surface area contributed by atoms with Gasteiger partial charge in [0.1, 0.15) is 61.8 Å². The molecule has 2 unspecified atom stereocenters. The van der Waals surface area contributed by atoms with E-state index >= 15 is 0 Å². The second kappa shape index (κ2) is 32.9. The molecule has 424 valence electrons. The van der Waals surface area contributed by atoms with Gasteiger partial charge in [0.05, 0.1) is 10.6 Å².